The summed E-state index contributed by atoms with van der Waals surface area (Å²) in [5, 5.41) is 2.83. The monoisotopic (exact) mass is 235 g/mol. The van der Waals surface area contributed by atoms with Crippen molar-refractivity contribution < 1.29 is 4.79 Å². The van der Waals surface area contributed by atoms with Crippen LogP contribution in [0.3, 0.4) is 0 Å². The highest BCUT2D eigenvalue weighted by Crippen LogP contribution is 2.16. The Morgan fingerprint density at radius 2 is 2.18 bits per heavy atom. The molecule has 1 aromatic rings. The first-order chi connectivity index (χ1) is 7.91. The predicted octanol–water partition coefficient (Wildman–Crippen LogP) is 1.11. The highest BCUT2D eigenvalue weighted by atomic mass is 16.2. The van der Waals surface area contributed by atoms with Gasteiger partial charge in [0.25, 0.3) is 0 Å². The molecule has 1 heterocycles. The minimum atomic E-state index is -0.480. The molecular formula is C13H21N3O. The van der Waals surface area contributed by atoms with Gasteiger partial charge in [-0.1, -0.05) is 26.8 Å². The van der Waals surface area contributed by atoms with Gasteiger partial charge in [-0.3, -0.25) is 9.78 Å². The highest BCUT2D eigenvalue weighted by Gasteiger charge is 2.26. The van der Waals surface area contributed by atoms with E-state index in [1.807, 2.05) is 39.0 Å². The van der Waals surface area contributed by atoms with E-state index >= 15 is 0 Å². The SMILES string of the molecule is CC(C)(C)[C@H](N)C(=O)NCCc1ccccn1. The maximum Gasteiger partial charge on any atom is 0.237 e. The summed E-state index contributed by atoms with van der Waals surface area (Å²) in [7, 11) is 0. The van der Waals surface area contributed by atoms with E-state index in [4.69, 9.17) is 5.73 Å². The molecule has 1 aromatic heterocycles. The zero-order chi connectivity index (χ0) is 12.9. The van der Waals surface area contributed by atoms with Crippen molar-refractivity contribution in [3.05, 3.63) is 30.1 Å². The number of hydrogen-bond donors (Lipinski definition) is 2. The van der Waals surface area contributed by atoms with Gasteiger partial charge in [0.05, 0.1) is 6.04 Å². The average Bonchev–Trinajstić information content (AvgIpc) is 2.28. The summed E-state index contributed by atoms with van der Waals surface area (Å²) in [6, 6.07) is 5.27. The zero-order valence-corrected chi connectivity index (χ0v) is 10.7. The van der Waals surface area contributed by atoms with Crippen LogP contribution in [0.25, 0.3) is 0 Å². The van der Waals surface area contributed by atoms with Crippen LogP contribution in [-0.2, 0) is 11.2 Å². The molecule has 0 unspecified atom stereocenters. The van der Waals surface area contributed by atoms with Crippen molar-refractivity contribution in [2.24, 2.45) is 11.1 Å². The third kappa shape index (κ3) is 4.53. The fraction of sp³-hybridized carbons (Fsp3) is 0.538. The standard InChI is InChI=1S/C13H21N3O/c1-13(2,3)11(14)12(17)16-9-7-10-6-4-5-8-15-10/h4-6,8,11H,7,9,14H2,1-3H3,(H,16,17)/t11-/m1/s1. The van der Waals surface area contributed by atoms with Crippen molar-refractivity contribution in [1.82, 2.24) is 10.3 Å². The number of nitrogens with one attached hydrogen (secondary N) is 1. The van der Waals surface area contributed by atoms with Gasteiger partial charge in [-0.15, -0.1) is 0 Å². The number of aromatic nitrogens is 1. The second kappa shape index (κ2) is 5.77. The van der Waals surface area contributed by atoms with Crippen molar-refractivity contribution >= 4 is 5.91 Å². The summed E-state index contributed by atoms with van der Waals surface area (Å²) in [6.07, 6.45) is 2.47. The third-order valence-electron chi connectivity index (χ3n) is 2.62. The Bertz CT molecular complexity index is 357. The molecule has 3 N–H and O–H groups in total. The first kappa shape index (κ1) is 13.6. The minimum absolute atomic E-state index is 0.103. The molecule has 1 rings (SSSR count). The van der Waals surface area contributed by atoms with Crippen LogP contribution in [0.5, 0.6) is 0 Å². The Morgan fingerprint density at radius 1 is 1.47 bits per heavy atom. The lowest BCUT2D eigenvalue weighted by Crippen LogP contribution is -2.49. The van der Waals surface area contributed by atoms with Crippen LogP contribution in [0.1, 0.15) is 26.5 Å². The van der Waals surface area contributed by atoms with Crippen LogP contribution in [0, 0.1) is 5.41 Å². The Hall–Kier alpha value is -1.42. The molecule has 1 amide bonds. The first-order valence-electron chi connectivity index (χ1n) is 5.84. The largest absolute Gasteiger partial charge is 0.354 e. The second-order valence-electron chi connectivity index (χ2n) is 5.21. The van der Waals surface area contributed by atoms with Crippen LogP contribution in [0.2, 0.25) is 0 Å². The summed E-state index contributed by atoms with van der Waals surface area (Å²) in [4.78, 5) is 15.9. The molecule has 0 fully saturated rings. The summed E-state index contributed by atoms with van der Waals surface area (Å²) >= 11 is 0. The highest BCUT2D eigenvalue weighted by molar-refractivity contribution is 5.82. The molecule has 0 saturated carbocycles. The number of nitrogens with zero attached hydrogens (tertiary/aromatic N) is 1. The van der Waals surface area contributed by atoms with Crippen LogP contribution >= 0.6 is 0 Å². The van der Waals surface area contributed by atoms with Gasteiger partial charge < -0.3 is 11.1 Å². The van der Waals surface area contributed by atoms with Gasteiger partial charge in [0.1, 0.15) is 0 Å². The van der Waals surface area contributed by atoms with Gasteiger partial charge in [0.15, 0.2) is 0 Å². The second-order valence-corrected chi connectivity index (χ2v) is 5.21. The molecule has 0 spiro atoms. The first-order valence-corrected chi connectivity index (χ1v) is 5.84. The van der Waals surface area contributed by atoms with Gasteiger partial charge in [-0.25, -0.2) is 0 Å². The number of nitrogens with two attached hydrogens (primary N) is 1. The third-order valence-corrected chi connectivity index (χ3v) is 2.62. The predicted molar refractivity (Wildman–Crippen MR) is 68.4 cm³/mol. The number of amides is 1. The molecule has 0 aliphatic rings. The molecule has 0 aliphatic heterocycles. The summed E-state index contributed by atoms with van der Waals surface area (Å²) in [5.41, 5.74) is 6.60. The molecule has 0 radical (unpaired) electrons. The maximum absolute atomic E-state index is 11.7. The number of rotatable bonds is 4. The summed E-state index contributed by atoms with van der Waals surface area (Å²) in [5.74, 6) is -0.103. The topological polar surface area (TPSA) is 68.0 Å². The van der Waals surface area contributed by atoms with Crippen molar-refractivity contribution in [2.45, 2.75) is 33.2 Å². The van der Waals surface area contributed by atoms with Crippen LogP contribution < -0.4 is 11.1 Å². The number of hydrogen-bond acceptors (Lipinski definition) is 3. The van der Waals surface area contributed by atoms with Crippen molar-refractivity contribution in [1.29, 1.82) is 0 Å². The van der Waals surface area contributed by atoms with E-state index in [9.17, 15) is 4.79 Å². The Labute approximate surface area is 103 Å². The minimum Gasteiger partial charge on any atom is -0.354 e. The maximum atomic E-state index is 11.7. The molecular weight excluding hydrogens is 214 g/mol. The summed E-state index contributed by atoms with van der Waals surface area (Å²) < 4.78 is 0. The normalized spacial score (nSPS) is 13.2. The smallest absolute Gasteiger partial charge is 0.237 e. The van der Waals surface area contributed by atoms with E-state index in [0.29, 0.717) is 6.54 Å². The Kier molecular flexibility index (Phi) is 4.63. The van der Waals surface area contributed by atoms with Crippen molar-refractivity contribution in [2.75, 3.05) is 6.54 Å². The van der Waals surface area contributed by atoms with E-state index in [0.717, 1.165) is 12.1 Å². The lowest BCUT2D eigenvalue weighted by molar-refractivity contribution is -0.124. The molecule has 4 nitrogen and oxygen atoms in total. The average molecular weight is 235 g/mol. The van der Waals surface area contributed by atoms with Gasteiger partial charge in [-0.05, 0) is 17.5 Å². The zero-order valence-electron chi connectivity index (χ0n) is 10.7. The number of carbonyl (C=O) groups is 1. The molecule has 94 valence electrons. The molecule has 0 bridgehead atoms. The van der Waals surface area contributed by atoms with E-state index < -0.39 is 6.04 Å². The van der Waals surface area contributed by atoms with Gasteiger partial charge >= 0.3 is 0 Å². The van der Waals surface area contributed by atoms with Crippen molar-refractivity contribution in [3.63, 3.8) is 0 Å². The van der Waals surface area contributed by atoms with E-state index in [1.165, 1.54) is 0 Å². The molecule has 0 aromatic carbocycles. The van der Waals surface area contributed by atoms with Crippen LogP contribution in [-0.4, -0.2) is 23.5 Å². The Balaban J connectivity index is 2.35. The van der Waals surface area contributed by atoms with Gasteiger partial charge in [0.2, 0.25) is 5.91 Å². The van der Waals surface area contributed by atoms with Crippen LogP contribution in [0.4, 0.5) is 0 Å². The van der Waals surface area contributed by atoms with Crippen LogP contribution in [0.15, 0.2) is 24.4 Å². The van der Waals surface area contributed by atoms with Crippen molar-refractivity contribution in [3.8, 4) is 0 Å². The molecule has 4 heteroatoms. The van der Waals surface area contributed by atoms with E-state index in [2.05, 4.69) is 10.3 Å². The van der Waals surface area contributed by atoms with Gasteiger partial charge in [-0.2, -0.15) is 0 Å². The number of carbonyl (C=O) groups excluding carboxylic acids is 1. The molecule has 1 atom stereocenters. The van der Waals surface area contributed by atoms with Gasteiger partial charge in [0, 0.05) is 24.9 Å². The quantitative estimate of drug-likeness (QED) is 0.821. The summed E-state index contributed by atoms with van der Waals surface area (Å²) in [6.45, 7) is 6.43. The number of pyridine rings is 1. The fourth-order valence-electron chi connectivity index (χ4n) is 1.36. The van der Waals surface area contributed by atoms with E-state index in [-0.39, 0.29) is 11.3 Å². The Morgan fingerprint density at radius 3 is 2.71 bits per heavy atom. The molecule has 17 heavy (non-hydrogen) atoms. The van der Waals surface area contributed by atoms with E-state index in [1.54, 1.807) is 6.20 Å². The fourth-order valence-corrected chi connectivity index (χ4v) is 1.36. The lowest BCUT2D eigenvalue weighted by atomic mass is 9.87. The molecule has 0 saturated heterocycles. The molecule has 0 aliphatic carbocycles. The lowest BCUT2D eigenvalue weighted by Gasteiger charge is -2.25.